The molecule has 12 atom stereocenters. The Bertz CT molecular complexity index is 1200. The van der Waals surface area contributed by atoms with E-state index in [9.17, 15) is 51.1 Å². The molecular formula is C32H46O16. The van der Waals surface area contributed by atoms with Crippen molar-refractivity contribution < 1.29 is 79.5 Å². The van der Waals surface area contributed by atoms with E-state index in [2.05, 4.69) is 0 Å². The van der Waals surface area contributed by atoms with Gasteiger partial charge in [0.1, 0.15) is 48.8 Å². The molecule has 2 aliphatic rings. The standard InChI is InChI=1S/C32H46O16/c1-43-21-9-15(3-5-19(21)35)7-17(13-45-31-29(41)27(39)25(37)23(11-33)47-31)18(8-16-4-6-20(36)22(10-16)44-2)14-46-32-30(42)28(40)26(38)24(12-34)48-32/h3-6,9-10,17-18,23-42H,7-8,11-14H2,1-2H3/t17-,18?,23-,24-,25-,26-,27+,28+,29-,30-,31-,32-/m1/s1. The monoisotopic (exact) mass is 686 g/mol. The first-order valence-corrected chi connectivity index (χ1v) is 15.5. The number of phenols is 2. The lowest BCUT2D eigenvalue weighted by Crippen LogP contribution is -2.59. The van der Waals surface area contributed by atoms with Crippen molar-refractivity contribution in [3.8, 4) is 23.0 Å². The molecule has 0 radical (unpaired) electrons. The first-order valence-electron chi connectivity index (χ1n) is 15.5. The number of aliphatic hydroxyl groups is 8. The highest BCUT2D eigenvalue weighted by molar-refractivity contribution is 5.43. The second kappa shape index (κ2) is 17.2. The summed E-state index contributed by atoms with van der Waals surface area (Å²) in [5, 5.41) is 102. The van der Waals surface area contributed by atoms with Crippen LogP contribution in [-0.4, -0.2) is 153 Å². The third-order valence-corrected chi connectivity index (χ3v) is 8.80. The largest absolute Gasteiger partial charge is 0.504 e. The summed E-state index contributed by atoms with van der Waals surface area (Å²) in [6, 6.07) is 9.47. The Kier molecular flexibility index (Phi) is 13.6. The van der Waals surface area contributed by atoms with Crippen molar-refractivity contribution in [1.82, 2.24) is 0 Å². The van der Waals surface area contributed by atoms with Crippen molar-refractivity contribution in [2.45, 2.75) is 74.3 Å². The molecule has 16 nitrogen and oxygen atoms in total. The predicted molar refractivity (Wildman–Crippen MR) is 163 cm³/mol. The second-order valence-electron chi connectivity index (χ2n) is 12.0. The van der Waals surface area contributed by atoms with E-state index in [1.165, 1.54) is 26.4 Å². The fraction of sp³-hybridized carbons (Fsp3) is 0.625. The van der Waals surface area contributed by atoms with Gasteiger partial charge in [-0.25, -0.2) is 0 Å². The zero-order chi connectivity index (χ0) is 35.1. The first-order chi connectivity index (χ1) is 22.9. The molecule has 0 saturated carbocycles. The molecule has 0 amide bonds. The smallest absolute Gasteiger partial charge is 0.186 e. The molecule has 4 rings (SSSR count). The van der Waals surface area contributed by atoms with Gasteiger partial charge >= 0.3 is 0 Å². The van der Waals surface area contributed by atoms with E-state index in [0.717, 1.165) is 0 Å². The van der Waals surface area contributed by atoms with Crippen LogP contribution in [0.3, 0.4) is 0 Å². The third kappa shape index (κ3) is 8.84. The number of hydrogen-bond acceptors (Lipinski definition) is 16. The average molecular weight is 687 g/mol. The van der Waals surface area contributed by atoms with E-state index < -0.39 is 86.5 Å². The van der Waals surface area contributed by atoms with E-state index in [1.807, 2.05) is 0 Å². The van der Waals surface area contributed by atoms with Gasteiger partial charge in [-0.2, -0.15) is 0 Å². The Labute approximate surface area is 276 Å². The Morgan fingerprint density at radius 3 is 1.29 bits per heavy atom. The number of aromatic hydroxyl groups is 2. The van der Waals surface area contributed by atoms with Crippen LogP contribution in [0.25, 0.3) is 0 Å². The van der Waals surface area contributed by atoms with Crippen molar-refractivity contribution in [3.63, 3.8) is 0 Å². The summed E-state index contributed by atoms with van der Waals surface area (Å²) in [6.45, 7) is -1.63. The first kappa shape index (κ1) is 38.0. The Morgan fingerprint density at radius 2 is 0.958 bits per heavy atom. The third-order valence-electron chi connectivity index (χ3n) is 8.80. The van der Waals surface area contributed by atoms with Gasteiger partial charge in [-0.05, 0) is 60.1 Å². The van der Waals surface area contributed by atoms with Gasteiger partial charge < -0.3 is 79.5 Å². The molecule has 16 heteroatoms. The Morgan fingerprint density at radius 1 is 0.583 bits per heavy atom. The molecule has 2 fully saturated rings. The minimum atomic E-state index is -1.67. The molecule has 270 valence electrons. The molecule has 2 aliphatic heterocycles. The summed E-state index contributed by atoms with van der Waals surface area (Å²) >= 11 is 0. The van der Waals surface area contributed by atoms with Crippen LogP contribution in [0.15, 0.2) is 36.4 Å². The Balaban J connectivity index is 1.66. The molecule has 0 spiro atoms. The van der Waals surface area contributed by atoms with Gasteiger partial charge in [0.25, 0.3) is 0 Å². The Hall–Kier alpha value is -2.84. The lowest BCUT2D eigenvalue weighted by atomic mass is 9.83. The van der Waals surface area contributed by atoms with Gasteiger partial charge in [0.05, 0.1) is 40.6 Å². The van der Waals surface area contributed by atoms with Crippen LogP contribution in [0, 0.1) is 11.8 Å². The van der Waals surface area contributed by atoms with Crippen LogP contribution in [-0.2, 0) is 31.8 Å². The van der Waals surface area contributed by atoms with E-state index in [1.54, 1.807) is 24.3 Å². The lowest BCUT2D eigenvalue weighted by Gasteiger charge is -2.41. The number of aliphatic hydroxyl groups excluding tert-OH is 8. The number of benzene rings is 2. The molecule has 0 aliphatic carbocycles. The summed E-state index contributed by atoms with van der Waals surface area (Å²) in [5.41, 5.74) is 1.38. The summed E-state index contributed by atoms with van der Waals surface area (Å²) in [7, 11) is 2.79. The van der Waals surface area contributed by atoms with Crippen LogP contribution >= 0.6 is 0 Å². The summed E-state index contributed by atoms with van der Waals surface area (Å²) < 4.78 is 33.6. The van der Waals surface area contributed by atoms with Crippen LogP contribution in [0.5, 0.6) is 23.0 Å². The van der Waals surface area contributed by atoms with Crippen molar-refractivity contribution >= 4 is 0 Å². The maximum atomic E-state index is 10.6. The van der Waals surface area contributed by atoms with Crippen LogP contribution in [0.2, 0.25) is 0 Å². The van der Waals surface area contributed by atoms with Crippen molar-refractivity contribution in [1.29, 1.82) is 0 Å². The summed E-state index contributed by atoms with van der Waals surface area (Å²) in [6.07, 6.45) is -14.7. The normalized spacial score (nSPS) is 32.0. The quantitative estimate of drug-likeness (QED) is 0.0951. The SMILES string of the molecule is COc1cc(CC(CO[C@@H]2O[C@H](CO)[C@@H](O)[C@H](O)[C@H]2O)[C@@H](CO[C@@H]2O[C@H](CO)[C@@H](O)[C@H](O)[C@H]2O)Cc2ccc(O)c(OC)c2)ccc1O. The van der Waals surface area contributed by atoms with E-state index in [-0.39, 0.29) is 49.1 Å². The predicted octanol–water partition coefficient (Wildman–Crippen LogP) is -2.23. The van der Waals surface area contributed by atoms with Gasteiger partial charge in [0.15, 0.2) is 35.6 Å². The molecule has 0 bridgehead atoms. The highest BCUT2D eigenvalue weighted by Crippen LogP contribution is 2.34. The maximum absolute atomic E-state index is 10.6. The van der Waals surface area contributed by atoms with Gasteiger partial charge in [-0.15, -0.1) is 0 Å². The van der Waals surface area contributed by atoms with Gasteiger partial charge in [-0.3, -0.25) is 0 Å². The van der Waals surface area contributed by atoms with E-state index >= 15 is 0 Å². The maximum Gasteiger partial charge on any atom is 0.186 e. The van der Waals surface area contributed by atoms with E-state index in [0.29, 0.717) is 11.1 Å². The lowest BCUT2D eigenvalue weighted by molar-refractivity contribution is -0.308. The average Bonchev–Trinajstić information content (AvgIpc) is 3.09. The number of hydrogen-bond donors (Lipinski definition) is 10. The fourth-order valence-electron chi connectivity index (χ4n) is 5.87. The molecule has 2 heterocycles. The molecule has 2 aromatic rings. The summed E-state index contributed by atoms with van der Waals surface area (Å²) in [4.78, 5) is 0. The van der Waals surface area contributed by atoms with Crippen LogP contribution in [0.1, 0.15) is 11.1 Å². The van der Waals surface area contributed by atoms with Crippen LogP contribution < -0.4 is 9.47 Å². The topological polar surface area (TPSA) is 258 Å². The van der Waals surface area contributed by atoms with Crippen molar-refractivity contribution in [2.75, 3.05) is 40.6 Å². The minimum absolute atomic E-state index is 0.0888. The van der Waals surface area contributed by atoms with Crippen LogP contribution in [0.4, 0.5) is 0 Å². The zero-order valence-electron chi connectivity index (χ0n) is 26.6. The molecule has 2 saturated heterocycles. The highest BCUT2D eigenvalue weighted by atomic mass is 16.7. The number of ether oxygens (including phenoxy) is 6. The second-order valence-corrected chi connectivity index (χ2v) is 12.0. The molecule has 10 N–H and O–H groups in total. The van der Waals surface area contributed by atoms with Crippen molar-refractivity contribution in [3.05, 3.63) is 47.5 Å². The minimum Gasteiger partial charge on any atom is -0.504 e. The molecular weight excluding hydrogens is 640 g/mol. The van der Waals surface area contributed by atoms with Gasteiger partial charge in [0, 0.05) is 0 Å². The molecule has 1 unspecified atom stereocenters. The summed E-state index contributed by atoms with van der Waals surface area (Å²) in [5.74, 6) is -0.854. The number of phenolic OH excluding ortho intramolecular Hbond substituents is 2. The molecule has 2 aromatic carbocycles. The van der Waals surface area contributed by atoms with E-state index in [4.69, 9.17) is 28.4 Å². The zero-order valence-corrected chi connectivity index (χ0v) is 26.6. The number of rotatable bonds is 15. The number of methoxy groups -OCH3 is 2. The highest BCUT2D eigenvalue weighted by Gasteiger charge is 2.46. The fourth-order valence-corrected chi connectivity index (χ4v) is 5.87. The molecule has 0 aromatic heterocycles. The molecule has 48 heavy (non-hydrogen) atoms. The van der Waals surface area contributed by atoms with Gasteiger partial charge in [0.2, 0.25) is 0 Å². The van der Waals surface area contributed by atoms with Gasteiger partial charge in [-0.1, -0.05) is 12.1 Å². The van der Waals surface area contributed by atoms with Crippen molar-refractivity contribution in [2.24, 2.45) is 11.8 Å².